The van der Waals surface area contributed by atoms with Crippen LogP contribution in [0.25, 0.3) is 0 Å². The molecule has 0 saturated carbocycles. The number of phosphoric acid groups is 2. The van der Waals surface area contributed by atoms with Crippen molar-refractivity contribution in [3.05, 3.63) is 53.1 Å². The number of esters is 1. The van der Waals surface area contributed by atoms with Gasteiger partial charge in [0.1, 0.15) is 0 Å². The fourth-order valence-electron chi connectivity index (χ4n) is 10.2. The Morgan fingerprint density at radius 2 is 0.778 bits per heavy atom. The Balaban J connectivity index is -0.00000104. The van der Waals surface area contributed by atoms with Crippen molar-refractivity contribution in [3.8, 4) is 0 Å². The Kier molecular flexibility index (Phi) is 55.1. The third-order valence-corrected chi connectivity index (χ3v) is 17.7. The van der Waals surface area contributed by atoms with Gasteiger partial charge >= 0.3 is 5.97 Å². The first-order chi connectivity index (χ1) is 38.7. The number of nitrogens with zero attached hydrogens (tertiary/aromatic N) is 3. The maximum Gasteiger partial charge on any atom is 0.339 e. The average Bonchev–Trinajstić information content (AvgIpc) is 3.45. The van der Waals surface area contributed by atoms with Crippen molar-refractivity contribution < 1.29 is 55.6 Å². The molecule has 1 N–H and O–H groups in total. The van der Waals surface area contributed by atoms with Crippen molar-refractivity contribution in [2.45, 2.75) is 264 Å². The predicted octanol–water partition coefficient (Wildman–Crippen LogP) is 16.9. The van der Waals surface area contributed by atoms with Gasteiger partial charge in [0.15, 0.2) is 0 Å². The number of carbonyl (C=O) groups is 1. The molecule has 0 aliphatic heterocycles. The van der Waals surface area contributed by atoms with Crippen LogP contribution in [-0.4, -0.2) is 118 Å². The third kappa shape index (κ3) is 46.1. The topological polar surface area (TPSA) is 160 Å². The summed E-state index contributed by atoms with van der Waals surface area (Å²) in [5.41, 5.74) is 2.93. The summed E-state index contributed by atoms with van der Waals surface area (Å²) in [5, 5.41) is 3.18. The highest BCUT2D eigenvalue weighted by molar-refractivity contribution is 7.58. The van der Waals surface area contributed by atoms with Crippen molar-refractivity contribution in [2.24, 2.45) is 0 Å². The minimum Gasteiger partial charge on any atom is -0.790 e. The molecule has 480 valence electrons. The lowest BCUT2D eigenvalue weighted by Crippen LogP contribution is -2.50. The zero-order valence-electron chi connectivity index (χ0n) is 55.7. The van der Waals surface area contributed by atoms with Crippen LogP contribution in [0.2, 0.25) is 0 Å². The molecule has 81 heavy (non-hydrogen) atoms. The molecule has 1 atom stereocenters. The molecular weight excluding hydrogens is 1050 g/mol. The van der Waals surface area contributed by atoms with Gasteiger partial charge in [0.05, 0.1) is 106 Å². The lowest BCUT2D eigenvalue weighted by Gasteiger charge is -2.39. The molecule has 1 rings (SSSR count). The number of carbonyl (C=O) groups excluding carboxylic acids is 1. The van der Waals surface area contributed by atoms with Crippen LogP contribution in [-0.2, 0) is 22.7 Å². The molecule has 0 aliphatic carbocycles. The number of phosphoric ester groups is 1. The van der Waals surface area contributed by atoms with Crippen molar-refractivity contribution >= 4 is 27.3 Å². The Bertz CT molecular complexity index is 1580. The first-order valence-corrected chi connectivity index (χ1v) is 36.0. The molecule has 1 unspecified atom stereocenters. The molecule has 0 saturated heterocycles. The van der Waals surface area contributed by atoms with E-state index >= 15 is 0 Å². The van der Waals surface area contributed by atoms with E-state index in [1.54, 1.807) is 25.1 Å². The molecule has 0 heterocycles. The van der Waals surface area contributed by atoms with Gasteiger partial charge in [0.2, 0.25) is 0 Å². The Morgan fingerprint density at radius 3 is 1.05 bits per heavy atom. The van der Waals surface area contributed by atoms with Crippen LogP contribution in [0.3, 0.4) is 0 Å². The molecule has 15 heteroatoms. The highest BCUT2D eigenvalue weighted by atomic mass is 31.3. The predicted molar refractivity (Wildman–Crippen MR) is 343 cm³/mol. The van der Waals surface area contributed by atoms with Gasteiger partial charge in [-0.25, -0.2) is 4.79 Å². The Labute approximate surface area is 501 Å². The zero-order valence-corrected chi connectivity index (χ0v) is 57.4. The van der Waals surface area contributed by atoms with Gasteiger partial charge in [-0.15, -0.1) is 0 Å². The molecule has 0 bridgehead atoms. The number of ether oxygens (including phenoxy) is 1. The summed E-state index contributed by atoms with van der Waals surface area (Å²) in [6.07, 6.45) is 37.9. The number of methoxy groups -OCH3 is 1. The minimum atomic E-state index is -5.68. The van der Waals surface area contributed by atoms with Gasteiger partial charge < -0.3 is 47.3 Å². The summed E-state index contributed by atoms with van der Waals surface area (Å²) >= 11 is 0. The zero-order chi connectivity index (χ0) is 61.7. The number of para-hydroxylation sites is 1. The summed E-state index contributed by atoms with van der Waals surface area (Å²) < 4.78 is 38.1. The molecule has 13 nitrogen and oxygen atoms in total. The highest BCUT2D eigenvalue weighted by Crippen LogP contribution is 2.50. The van der Waals surface area contributed by atoms with Crippen LogP contribution in [0.15, 0.2) is 47.6 Å². The Hall–Kier alpha value is -1.89. The summed E-state index contributed by atoms with van der Waals surface area (Å²) in [4.78, 5) is 43.5. The minimum absolute atomic E-state index is 0.427. The van der Waals surface area contributed by atoms with Crippen LogP contribution in [0.4, 0.5) is 5.69 Å². The van der Waals surface area contributed by atoms with Gasteiger partial charge in [-0.1, -0.05) is 196 Å². The van der Waals surface area contributed by atoms with E-state index in [1.807, 2.05) is 19.1 Å². The Morgan fingerprint density at radius 1 is 0.481 bits per heavy atom. The monoisotopic (exact) mass is 1190 g/mol. The second-order valence-corrected chi connectivity index (χ2v) is 26.0. The molecule has 0 spiro atoms. The van der Waals surface area contributed by atoms with E-state index in [-0.39, 0.29) is 0 Å². The van der Waals surface area contributed by atoms with E-state index in [2.05, 4.69) is 97.2 Å². The van der Waals surface area contributed by atoms with E-state index in [0.29, 0.717) is 30.6 Å². The van der Waals surface area contributed by atoms with E-state index < -0.39 is 28.2 Å². The number of allylic oxidation sites excluding steroid dienone is 2. The number of unbranched alkanes of at least 4 members (excludes halogenated alkanes) is 12. The average molecular weight is 1190 g/mol. The molecule has 0 aliphatic rings. The summed E-state index contributed by atoms with van der Waals surface area (Å²) in [5.74, 6) is -0.427. The third-order valence-electron chi connectivity index (χ3n) is 15.6. The molecule has 0 radical (unpaired) electrons. The maximum absolute atomic E-state index is 11.8. The normalized spacial score (nSPS) is 13.1. The largest absolute Gasteiger partial charge is 0.790 e. The van der Waals surface area contributed by atoms with Crippen molar-refractivity contribution in [1.29, 1.82) is 0 Å². The summed E-state index contributed by atoms with van der Waals surface area (Å²) in [6.45, 7) is 48.8. The van der Waals surface area contributed by atoms with Gasteiger partial charge in [0, 0.05) is 12.2 Å². The van der Waals surface area contributed by atoms with Crippen molar-refractivity contribution in [2.75, 3.05) is 104 Å². The van der Waals surface area contributed by atoms with Crippen molar-refractivity contribution in [1.82, 2.24) is 0 Å². The van der Waals surface area contributed by atoms with Crippen LogP contribution in [0.1, 0.15) is 274 Å². The standard InChI is InChI=1S/C18H27NO9P2.3C16H36N/c1-14(11-12-27-30(24,25)28-29(21,22)23)7-6-8-15(2)13-19-17-10-5-4-9-16(17)18(20)26-3;3*1-5-9-13-17(14-10-6-2,15-11-7-3)16-12-8-4/h4-5,8-11,19H,6-7,12-13H2,1-3H3,(H,24,25)(H2,21,22,23);3*5-16H2,1-4H3/q;3*+1/p-3/b14-11+,15-8+;;;. The second kappa shape index (κ2) is 53.6. The van der Waals surface area contributed by atoms with Gasteiger partial charge in [0.25, 0.3) is 7.82 Å². The smallest absolute Gasteiger partial charge is 0.339 e. The molecule has 1 aromatic rings. The second-order valence-electron chi connectivity index (χ2n) is 23.3. The maximum atomic E-state index is 11.8. The first kappa shape index (κ1) is 83.3. The molecular formula is C66H132N4O9P2. The lowest BCUT2D eigenvalue weighted by atomic mass is 10.1. The van der Waals surface area contributed by atoms with Crippen LogP contribution in [0, 0.1) is 0 Å². The summed E-state index contributed by atoms with van der Waals surface area (Å²) in [7, 11) is -9.56. The lowest BCUT2D eigenvalue weighted by molar-refractivity contribution is -0.929. The van der Waals surface area contributed by atoms with Crippen LogP contribution < -0.4 is 20.0 Å². The van der Waals surface area contributed by atoms with Gasteiger partial charge in [-0.2, -0.15) is 0 Å². The van der Waals surface area contributed by atoms with E-state index in [4.69, 9.17) is 4.74 Å². The number of benzene rings is 1. The fourth-order valence-corrected chi connectivity index (χ4v) is 11.7. The SMILES string of the molecule is CCCC[N+](CCCC)(CCCC)CCCC.CCCC[N+](CCCC)(CCCC)CCCC.CCCC[N+](CCCC)(CCCC)CCCC.COC(=O)c1ccccc1NC/C(C)=C/CC/C(C)=C/COP(=O)([O-])OP(=O)([O-])[O-]. The van der Waals surface area contributed by atoms with Gasteiger partial charge in [-0.05, 0) is 116 Å². The van der Waals surface area contributed by atoms with Crippen LogP contribution in [0.5, 0.6) is 0 Å². The molecule has 0 amide bonds. The number of anilines is 1. The van der Waals surface area contributed by atoms with E-state index in [9.17, 15) is 28.6 Å². The van der Waals surface area contributed by atoms with E-state index in [0.717, 1.165) is 11.1 Å². The van der Waals surface area contributed by atoms with Crippen molar-refractivity contribution in [3.63, 3.8) is 0 Å². The highest BCUT2D eigenvalue weighted by Gasteiger charge is 2.27. The number of hydrogen-bond donors (Lipinski definition) is 1. The summed E-state index contributed by atoms with van der Waals surface area (Å²) in [6, 6.07) is 7.01. The molecule has 1 aromatic carbocycles. The number of rotatable bonds is 48. The van der Waals surface area contributed by atoms with Crippen LogP contribution >= 0.6 is 15.6 Å². The number of hydrogen-bond acceptors (Lipinski definition) is 10. The molecule has 0 fully saturated rings. The quantitative estimate of drug-likeness (QED) is 0.0288. The molecule has 0 aromatic heterocycles. The van der Waals surface area contributed by atoms with E-state index in [1.165, 1.54) is 259 Å². The number of quaternary nitrogens is 3. The fraction of sp³-hybridized carbons (Fsp3) is 0.833. The van der Waals surface area contributed by atoms with Gasteiger partial charge in [-0.3, -0.25) is 8.88 Å². The first-order valence-electron chi connectivity index (χ1n) is 33.1. The number of nitrogens with one attached hydrogen (secondary N) is 1.